The molecule has 1 heterocycles. The van der Waals surface area contributed by atoms with E-state index < -0.39 is 0 Å². The highest BCUT2D eigenvalue weighted by Gasteiger charge is 2.25. The summed E-state index contributed by atoms with van der Waals surface area (Å²) in [5.74, 6) is 1.44. The first kappa shape index (κ1) is 16.5. The highest BCUT2D eigenvalue weighted by atomic mass is 16.5. The Labute approximate surface area is 152 Å². The van der Waals surface area contributed by atoms with Crippen molar-refractivity contribution in [1.29, 1.82) is 0 Å². The minimum Gasteiger partial charge on any atom is -0.497 e. The lowest BCUT2D eigenvalue weighted by atomic mass is 9.91. The molecule has 2 N–H and O–H groups in total. The number of amides is 1. The number of hydrogen-bond donors (Lipinski definition) is 2. The molecule has 0 unspecified atom stereocenters. The number of H-pyrrole nitrogens is 1. The molecule has 0 spiro atoms. The van der Waals surface area contributed by atoms with E-state index in [0.29, 0.717) is 5.75 Å². The molecule has 0 aliphatic heterocycles. The maximum Gasteiger partial charge on any atom is 0.258 e. The van der Waals surface area contributed by atoms with Gasteiger partial charge in [0.15, 0.2) is 6.61 Å². The molecule has 0 bridgehead atoms. The van der Waals surface area contributed by atoms with Gasteiger partial charge in [0.2, 0.25) is 0 Å². The van der Waals surface area contributed by atoms with Crippen LogP contribution in [0.3, 0.4) is 0 Å². The van der Waals surface area contributed by atoms with Crippen molar-refractivity contribution in [2.24, 2.45) is 0 Å². The lowest BCUT2D eigenvalue weighted by Gasteiger charge is -2.24. The summed E-state index contributed by atoms with van der Waals surface area (Å²) in [5, 5.41) is 4.29. The van der Waals surface area contributed by atoms with E-state index in [2.05, 4.69) is 16.4 Å². The van der Waals surface area contributed by atoms with Crippen molar-refractivity contribution in [3.05, 3.63) is 59.8 Å². The van der Waals surface area contributed by atoms with Crippen LogP contribution in [0.15, 0.2) is 48.5 Å². The van der Waals surface area contributed by atoms with Crippen molar-refractivity contribution in [3.63, 3.8) is 0 Å². The first-order chi connectivity index (χ1) is 12.7. The molecule has 1 amide bonds. The zero-order valence-electron chi connectivity index (χ0n) is 14.7. The molecule has 5 nitrogen and oxygen atoms in total. The minimum atomic E-state index is -0.108. The van der Waals surface area contributed by atoms with Crippen molar-refractivity contribution >= 4 is 16.8 Å². The Balaban J connectivity index is 1.49. The van der Waals surface area contributed by atoms with Gasteiger partial charge in [0.1, 0.15) is 11.5 Å². The SMILES string of the molecule is COc1ccc2[nH]c3c(c2c1)CCC[C@H]3NC(=O)COc1ccccc1. The van der Waals surface area contributed by atoms with E-state index in [1.165, 1.54) is 10.9 Å². The standard InChI is InChI=1S/C21H22N2O3/c1-25-15-10-11-18-17(12-15)16-8-5-9-19(21(16)23-18)22-20(24)13-26-14-6-3-2-4-7-14/h2-4,6-7,10-12,19,23H,5,8-9,13H2,1H3,(H,22,24)/t19-/m1/s1. The maximum absolute atomic E-state index is 12.3. The average Bonchev–Trinajstić information content (AvgIpc) is 3.06. The quantitative estimate of drug-likeness (QED) is 0.737. The lowest BCUT2D eigenvalue weighted by molar-refractivity contribution is -0.124. The van der Waals surface area contributed by atoms with Crippen LogP contribution in [0.2, 0.25) is 0 Å². The summed E-state index contributed by atoms with van der Waals surface area (Å²) in [4.78, 5) is 15.8. The van der Waals surface area contributed by atoms with Crippen LogP contribution in [0.1, 0.15) is 30.1 Å². The number of carbonyl (C=O) groups is 1. The molecular formula is C21H22N2O3. The molecule has 4 rings (SSSR count). The summed E-state index contributed by atoms with van der Waals surface area (Å²) in [6, 6.07) is 15.4. The van der Waals surface area contributed by atoms with Crippen LogP contribution in [-0.4, -0.2) is 24.6 Å². The molecule has 1 aliphatic rings. The van der Waals surface area contributed by atoms with Gasteiger partial charge in [-0.2, -0.15) is 0 Å². The third-order valence-electron chi connectivity index (χ3n) is 4.86. The Morgan fingerprint density at radius 3 is 2.85 bits per heavy atom. The zero-order chi connectivity index (χ0) is 17.9. The molecule has 0 saturated heterocycles. The number of aromatic nitrogens is 1. The van der Waals surface area contributed by atoms with Crippen molar-refractivity contribution in [1.82, 2.24) is 10.3 Å². The van der Waals surface area contributed by atoms with E-state index >= 15 is 0 Å². The van der Waals surface area contributed by atoms with Gasteiger partial charge in [0.25, 0.3) is 5.91 Å². The van der Waals surface area contributed by atoms with Gasteiger partial charge in [-0.3, -0.25) is 4.79 Å². The van der Waals surface area contributed by atoms with E-state index in [1.54, 1.807) is 7.11 Å². The van der Waals surface area contributed by atoms with E-state index in [1.807, 2.05) is 42.5 Å². The Morgan fingerprint density at radius 2 is 2.04 bits per heavy atom. The zero-order valence-corrected chi connectivity index (χ0v) is 14.7. The fraction of sp³-hybridized carbons (Fsp3) is 0.286. The van der Waals surface area contributed by atoms with Crippen LogP contribution in [-0.2, 0) is 11.2 Å². The van der Waals surface area contributed by atoms with Crippen LogP contribution in [0, 0.1) is 0 Å². The second-order valence-corrected chi connectivity index (χ2v) is 6.54. The molecule has 5 heteroatoms. The molecule has 0 fully saturated rings. The predicted octanol–water partition coefficient (Wildman–Crippen LogP) is 3.75. The van der Waals surface area contributed by atoms with E-state index in [9.17, 15) is 4.79 Å². The predicted molar refractivity (Wildman–Crippen MR) is 101 cm³/mol. The van der Waals surface area contributed by atoms with Crippen molar-refractivity contribution in [2.45, 2.75) is 25.3 Å². The first-order valence-corrected chi connectivity index (χ1v) is 8.90. The normalized spacial score (nSPS) is 16.1. The second kappa shape index (κ2) is 7.12. The van der Waals surface area contributed by atoms with Gasteiger partial charge in [-0.25, -0.2) is 0 Å². The van der Waals surface area contributed by atoms with Gasteiger partial charge < -0.3 is 19.8 Å². The largest absolute Gasteiger partial charge is 0.497 e. The van der Waals surface area contributed by atoms with Gasteiger partial charge in [-0.1, -0.05) is 18.2 Å². The molecule has 1 aromatic heterocycles. The number of hydrogen-bond acceptors (Lipinski definition) is 3. The Bertz CT molecular complexity index is 918. The topological polar surface area (TPSA) is 63.3 Å². The Morgan fingerprint density at radius 1 is 1.19 bits per heavy atom. The number of ether oxygens (including phenoxy) is 2. The van der Waals surface area contributed by atoms with Gasteiger partial charge in [-0.15, -0.1) is 0 Å². The number of nitrogens with one attached hydrogen (secondary N) is 2. The number of carbonyl (C=O) groups excluding carboxylic acids is 1. The summed E-state index contributed by atoms with van der Waals surface area (Å²) in [6.45, 7) is 0.0178. The molecule has 0 radical (unpaired) electrons. The fourth-order valence-electron chi connectivity index (χ4n) is 3.61. The summed E-state index contributed by atoms with van der Waals surface area (Å²) >= 11 is 0. The summed E-state index contributed by atoms with van der Waals surface area (Å²) in [5.41, 5.74) is 3.46. The van der Waals surface area contributed by atoms with Crippen molar-refractivity contribution in [3.8, 4) is 11.5 Å². The van der Waals surface area contributed by atoms with E-state index in [-0.39, 0.29) is 18.6 Å². The maximum atomic E-state index is 12.3. The van der Waals surface area contributed by atoms with Crippen molar-refractivity contribution < 1.29 is 14.3 Å². The average molecular weight is 350 g/mol. The number of fused-ring (bicyclic) bond motifs is 3. The molecular weight excluding hydrogens is 328 g/mol. The smallest absolute Gasteiger partial charge is 0.258 e. The van der Waals surface area contributed by atoms with Crippen molar-refractivity contribution in [2.75, 3.05) is 13.7 Å². The molecule has 3 aromatic rings. The molecule has 1 atom stereocenters. The van der Waals surface area contributed by atoms with Gasteiger partial charge >= 0.3 is 0 Å². The summed E-state index contributed by atoms with van der Waals surface area (Å²) < 4.78 is 10.9. The van der Waals surface area contributed by atoms with Gasteiger partial charge in [0, 0.05) is 16.6 Å². The van der Waals surface area contributed by atoms with Crippen LogP contribution in [0.4, 0.5) is 0 Å². The van der Waals surface area contributed by atoms with Crippen LogP contribution < -0.4 is 14.8 Å². The van der Waals surface area contributed by atoms with Crippen LogP contribution >= 0.6 is 0 Å². The highest BCUT2D eigenvalue weighted by Crippen LogP contribution is 2.36. The monoisotopic (exact) mass is 350 g/mol. The summed E-state index contributed by atoms with van der Waals surface area (Å²) in [7, 11) is 1.68. The Kier molecular flexibility index (Phi) is 4.52. The van der Waals surface area contributed by atoms with E-state index in [4.69, 9.17) is 9.47 Å². The molecule has 2 aromatic carbocycles. The van der Waals surface area contributed by atoms with Crippen LogP contribution in [0.25, 0.3) is 10.9 Å². The minimum absolute atomic E-state index is 0.0102. The number of aromatic amines is 1. The Hall–Kier alpha value is -2.95. The second-order valence-electron chi connectivity index (χ2n) is 6.54. The van der Waals surface area contributed by atoms with E-state index in [0.717, 1.165) is 36.2 Å². The number of para-hydroxylation sites is 1. The molecule has 1 aliphatic carbocycles. The number of benzene rings is 2. The molecule has 0 saturated carbocycles. The number of methoxy groups -OCH3 is 1. The third-order valence-corrected chi connectivity index (χ3v) is 4.86. The molecule has 134 valence electrons. The third kappa shape index (κ3) is 3.25. The number of rotatable bonds is 5. The first-order valence-electron chi connectivity index (χ1n) is 8.90. The number of aryl methyl sites for hydroxylation is 1. The van der Waals surface area contributed by atoms with Gasteiger partial charge in [-0.05, 0) is 55.2 Å². The summed E-state index contributed by atoms with van der Waals surface area (Å²) in [6.07, 6.45) is 2.98. The fourth-order valence-corrected chi connectivity index (χ4v) is 3.61. The van der Waals surface area contributed by atoms with Gasteiger partial charge in [0.05, 0.1) is 13.2 Å². The highest BCUT2D eigenvalue weighted by molar-refractivity contribution is 5.87. The molecule has 26 heavy (non-hydrogen) atoms. The lowest BCUT2D eigenvalue weighted by Crippen LogP contribution is -2.34. The van der Waals surface area contributed by atoms with Crippen LogP contribution in [0.5, 0.6) is 11.5 Å².